The number of carbonyl (C=O) groups excluding carboxylic acids is 1. The van der Waals surface area contributed by atoms with Crippen LogP contribution in [-0.2, 0) is 4.79 Å². The summed E-state index contributed by atoms with van der Waals surface area (Å²) in [5.74, 6) is 0.488. The molecule has 7 aromatic rings. The quantitative estimate of drug-likeness (QED) is 0.151. The minimum Gasteiger partial charge on any atom is -0.464 e. The number of hydrogen-bond acceptors (Lipinski definition) is 8. The Hall–Kier alpha value is -4.51. The SMILES string of the molecule is O=C(CSc1nc2scc(-c3ccco3)c2c(=O)n1-c1ccccc1)Nc1cccc(-c2nc3ccccc3s2)c1. The molecule has 4 aromatic heterocycles. The van der Waals surface area contributed by atoms with E-state index in [2.05, 4.69) is 5.32 Å². The summed E-state index contributed by atoms with van der Waals surface area (Å²) in [6, 6.07) is 28.6. The molecule has 4 heterocycles. The number of hydrogen-bond donors (Lipinski definition) is 1. The lowest BCUT2D eigenvalue weighted by Crippen LogP contribution is -2.22. The number of para-hydroxylation sites is 2. The third kappa shape index (κ3) is 4.97. The molecule has 41 heavy (non-hydrogen) atoms. The molecular weight excluding hydrogens is 573 g/mol. The van der Waals surface area contributed by atoms with Gasteiger partial charge in [0.15, 0.2) is 5.16 Å². The monoisotopic (exact) mass is 592 g/mol. The molecule has 0 atom stereocenters. The number of nitrogens with one attached hydrogen (secondary N) is 1. The summed E-state index contributed by atoms with van der Waals surface area (Å²) in [7, 11) is 0. The molecule has 7 nitrogen and oxygen atoms in total. The van der Waals surface area contributed by atoms with Gasteiger partial charge in [-0.15, -0.1) is 22.7 Å². The lowest BCUT2D eigenvalue weighted by atomic mass is 10.2. The van der Waals surface area contributed by atoms with Crippen molar-refractivity contribution in [3.63, 3.8) is 0 Å². The molecule has 0 saturated heterocycles. The molecule has 7 rings (SSSR count). The lowest BCUT2D eigenvalue weighted by Gasteiger charge is -2.12. The van der Waals surface area contributed by atoms with E-state index in [1.807, 2.05) is 90.3 Å². The zero-order valence-corrected chi connectivity index (χ0v) is 23.8. The van der Waals surface area contributed by atoms with Crippen molar-refractivity contribution in [2.24, 2.45) is 0 Å². The number of amides is 1. The van der Waals surface area contributed by atoms with Crippen molar-refractivity contribution in [2.75, 3.05) is 11.1 Å². The number of thiophene rings is 1. The highest BCUT2D eigenvalue weighted by Gasteiger charge is 2.20. The smallest absolute Gasteiger partial charge is 0.268 e. The number of carbonyl (C=O) groups is 1. The van der Waals surface area contributed by atoms with E-state index < -0.39 is 0 Å². The van der Waals surface area contributed by atoms with Gasteiger partial charge in [0.2, 0.25) is 5.91 Å². The molecule has 0 fully saturated rings. The van der Waals surface area contributed by atoms with Gasteiger partial charge in [-0.3, -0.25) is 14.2 Å². The fourth-order valence-corrected chi connectivity index (χ4v) is 7.28. The molecular formula is C31H20N4O3S3. The molecule has 0 unspecified atom stereocenters. The molecule has 0 radical (unpaired) electrons. The molecule has 10 heteroatoms. The van der Waals surface area contributed by atoms with Gasteiger partial charge in [0.1, 0.15) is 15.6 Å². The van der Waals surface area contributed by atoms with Gasteiger partial charge in [-0.2, -0.15) is 0 Å². The van der Waals surface area contributed by atoms with Crippen LogP contribution < -0.4 is 10.9 Å². The third-order valence-electron chi connectivity index (χ3n) is 6.40. The second-order valence-electron chi connectivity index (χ2n) is 9.08. The molecule has 0 spiro atoms. The van der Waals surface area contributed by atoms with Crippen LogP contribution in [0.4, 0.5) is 5.69 Å². The first-order valence-corrected chi connectivity index (χ1v) is 15.3. The van der Waals surface area contributed by atoms with Gasteiger partial charge in [0, 0.05) is 22.2 Å². The summed E-state index contributed by atoms with van der Waals surface area (Å²) in [6.45, 7) is 0. The molecule has 0 aliphatic carbocycles. The van der Waals surface area contributed by atoms with Crippen LogP contribution in [0.3, 0.4) is 0 Å². The largest absolute Gasteiger partial charge is 0.464 e. The molecule has 3 aromatic carbocycles. The average Bonchev–Trinajstić information content (AvgIpc) is 3.76. The van der Waals surface area contributed by atoms with Crippen molar-refractivity contribution in [3.05, 3.63) is 113 Å². The maximum absolute atomic E-state index is 13.9. The number of furan rings is 1. The Balaban J connectivity index is 1.16. The minimum atomic E-state index is -0.208. The van der Waals surface area contributed by atoms with E-state index in [-0.39, 0.29) is 17.2 Å². The van der Waals surface area contributed by atoms with Gasteiger partial charge < -0.3 is 9.73 Å². The molecule has 1 N–H and O–H groups in total. The van der Waals surface area contributed by atoms with Crippen LogP contribution in [0.2, 0.25) is 0 Å². The fourth-order valence-electron chi connectivity index (χ4n) is 4.54. The summed E-state index contributed by atoms with van der Waals surface area (Å²) < 4.78 is 8.25. The van der Waals surface area contributed by atoms with E-state index in [1.54, 1.807) is 28.2 Å². The maximum Gasteiger partial charge on any atom is 0.268 e. The highest BCUT2D eigenvalue weighted by atomic mass is 32.2. The van der Waals surface area contributed by atoms with Gasteiger partial charge in [-0.05, 0) is 48.5 Å². The average molecular weight is 593 g/mol. The number of thioether (sulfide) groups is 1. The minimum absolute atomic E-state index is 0.0760. The van der Waals surface area contributed by atoms with Gasteiger partial charge in [0.05, 0.1) is 33.3 Å². The normalized spacial score (nSPS) is 11.3. The maximum atomic E-state index is 13.9. The first-order valence-electron chi connectivity index (χ1n) is 12.7. The van der Waals surface area contributed by atoms with Crippen LogP contribution in [0.15, 0.2) is 117 Å². The number of fused-ring (bicyclic) bond motifs is 2. The third-order valence-corrected chi connectivity index (χ3v) is 9.29. The molecule has 200 valence electrons. The van der Waals surface area contributed by atoms with Crippen molar-refractivity contribution in [1.29, 1.82) is 0 Å². The van der Waals surface area contributed by atoms with E-state index in [9.17, 15) is 9.59 Å². The number of anilines is 1. The Morgan fingerprint density at radius 3 is 2.63 bits per heavy atom. The highest BCUT2D eigenvalue weighted by molar-refractivity contribution is 7.99. The van der Waals surface area contributed by atoms with E-state index in [4.69, 9.17) is 14.4 Å². The summed E-state index contributed by atoms with van der Waals surface area (Å²) in [4.78, 5) is 37.1. The molecule has 0 saturated carbocycles. The standard InChI is InChI=1S/C31H20N4O3S3/c36-26(32-20-9-6-8-19(16-20)28-33-23-12-4-5-14-25(23)41-28)18-40-31-34-29-27(22(17-39-29)24-13-7-15-38-24)30(37)35(31)21-10-2-1-3-11-21/h1-17H,18H2,(H,32,36). The fraction of sp³-hybridized carbons (Fsp3) is 0.0323. The Labute approximate surface area is 246 Å². The molecule has 0 aliphatic rings. The van der Waals surface area contributed by atoms with Crippen LogP contribution in [-0.4, -0.2) is 26.2 Å². The zero-order chi connectivity index (χ0) is 27.8. The number of rotatable bonds is 7. The van der Waals surface area contributed by atoms with Crippen LogP contribution >= 0.6 is 34.4 Å². The van der Waals surface area contributed by atoms with Gasteiger partial charge in [-0.25, -0.2) is 9.97 Å². The first kappa shape index (κ1) is 25.5. The second-order valence-corrected chi connectivity index (χ2v) is 11.9. The number of nitrogens with zero attached hydrogens (tertiary/aromatic N) is 3. The number of thiazole rings is 1. The Kier molecular flexibility index (Phi) is 6.71. The van der Waals surface area contributed by atoms with Crippen molar-refractivity contribution >= 4 is 66.5 Å². The summed E-state index contributed by atoms with van der Waals surface area (Å²) >= 11 is 4.21. The zero-order valence-electron chi connectivity index (χ0n) is 21.3. The Morgan fingerprint density at radius 1 is 0.951 bits per heavy atom. The van der Waals surface area contributed by atoms with Crippen LogP contribution in [0.25, 0.3) is 48.0 Å². The van der Waals surface area contributed by atoms with Crippen molar-refractivity contribution < 1.29 is 9.21 Å². The van der Waals surface area contributed by atoms with Gasteiger partial charge in [-0.1, -0.05) is 54.2 Å². The predicted molar refractivity (Wildman–Crippen MR) is 167 cm³/mol. The number of aromatic nitrogens is 3. The van der Waals surface area contributed by atoms with Crippen molar-refractivity contribution in [1.82, 2.24) is 14.5 Å². The van der Waals surface area contributed by atoms with Crippen molar-refractivity contribution in [2.45, 2.75) is 5.16 Å². The van der Waals surface area contributed by atoms with E-state index in [0.717, 1.165) is 20.8 Å². The summed E-state index contributed by atoms with van der Waals surface area (Å²) in [5, 5.41) is 6.70. The van der Waals surface area contributed by atoms with Crippen LogP contribution in [0.5, 0.6) is 0 Å². The Bertz CT molecular complexity index is 2050. The van der Waals surface area contributed by atoms with E-state index >= 15 is 0 Å². The summed E-state index contributed by atoms with van der Waals surface area (Å²) in [5.41, 5.74) is 3.74. The van der Waals surface area contributed by atoms with Crippen molar-refractivity contribution in [3.8, 4) is 27.6 Å². The van der Waals surface area contributed by atoms with Crippen LogP contribution in [0.1, 0.15) is 0 Å². The van der Waals surface area contributed by atoms with Gasteiger partial charge >= 0.3 is 0 Å². The Morgan fingerprint density at radius 2 is 1.80 bits per heavy atom. The topological polar surface area (TPSA) is 90.0 Å². The van der Waals surface area contributed by atoms with Gasteiger partial charge in [0.25, 0.3) is 5.56 Å². The number of benzene rings is 3. The molecule has 1 amide bonds. The second kappa shape index (κ2) is 10.8. The lowest BCUT2D eigenvalue weighted by molar-refractivity contribution is -0.113. The van der Waals surface area contributed by atoms with Crippen LogP contribution in [0, 0.1) is 0 Å². The first-order chi connectivity index (χ1) is 20.1. The summed E-state index contributed by atoms with van der Waals surface area (Å²) in [6.07, 6.45) is 1.58. The predicted octanol–water partition coefficient (Wildman–Crippen LogP) is 7.71. The molecule has 0 aliphatic heterocycles. The van der Waals surface area contributed by atoms with E-state index in [0.29, 0.717) is 38.1 Å². The highest BCUT2D eigenvalue weighted by Crippen LogP contribution is 2.34. The van der Waals surface area contributed by atoms with E-state index in [1.165, 1.54) is 23.1 Å². The molecule has 0 bridgehead atoms.